The molecule has 218 valence electrons. The number of rotatable bonds is 8. The molecule has 2 heterocycles. The molecule has 2 N–H and O–H groups in total. The van der Waals surface area contributed by atoms with E-state index < -0.39 is 6.09 Å². The van der Waals surface area contributed by atoms with E-state index in [0.29, 0.717) is 18.8 Å². The minimum absolute atomic E-state index is 0.122. The molecule has 0 radical (unpaired) electrons. The molecule has 1 aromatic heterocycles. The van der Waals surface area contributed by atoms with Gasteiger partial charge in [-0.2, -0.15) is 0 Å². The normalized spacial score (nSPS) is 17.4. The number of hydrogen-bond acceptors (Lipinski definition) is 4. The Balaban J connectivity index is 1.53. The molecule has 9 nitrogen and oxygen atoms in total. The minimum Gasteiger partial charge on any atom is -0.465 e. The van der Waals surface area contributed by atoms with Gasteiger partial charge < -0.3 is 20.2 Å². The SMILES string of the molecule is CC(C)N(CC(=O)Nc1nn(-c2ccccc2)cc1-c1ccccc1)C(=O)CC1CCCN(C(=O)O)C1C(C)(C)C. The van der Waals surface area contributed by atoms with Crippen LogP contribution in [0, 0.1) is 11.3 Å². The van der Waals surface area contributed by atoms with Crippen molar-refractivity contribution in [3.8, 4) is 16.8 Å². The summed E-state index contributed by atoms with van der Waals surface area (Å²) in [5.41, 5.74) is 2.22. The van der Waals surface area contributed by atoms with E-state index >= 15 is 0 Å². The lowest BCUT2D eigenvalue weighted by Crippen LogP contribution is -2.55. The van der Waals surface area contributed by atoms with Crippen LogP contribution in [0.4, 0.5) is 10.6 Å². The molecule has 1 aliphatic rings. The topological polar surface area (TPSA) is 108 Å². The lowest BCUT2D eigenvalue weighted by atomic mass is 9.73. The molecule has 9 heteroatoms. The molecule has 2 aromatic carbocycles. The zero-order valence-electron chi connectivity index (χ0n) is 24.6. The number of aromatic nitrogens is 2. The van der Waals surface area contributed by atoms with Crippen molar-refractivity contribution in [2.45, 2.75) is 66.0 Å². The van der Waals surface area contributed by atoms with Crippen LogP contribution in [0.1, 0.15) is 53.9 Å². The summed E-state index contributed by atoms with van der Waals surface area (Å²) in [7, 11) is 0. The molecular formula is C32H41N5O4. The fourth-order valence-corrected chi connectivity index (χ4v) is 5.91. The molecular weight excluding hydrogens is 518 g/mol. The van der Waals surface area contributed by atoms with Crippen LogP contribution in [0.3, 0.4) is 0 Å². The highest BCUT2D eigenvalue weighted by atomic mass is 16.4. The van der Waals surface area contributed by atoms with Gasteiger partial charge in [0.15, 0.2) is 5.82 Å². The highest BCUT2D eigenvalue weighted by molar-refractivity contribution is 5.97. The predicted octanol–water partition coefficient (Wildman–Crippen LogP) is 5.91. The number of hydrogen-bond donors (Lipinski definition) is 2. The Morgan fingerprint density at radius 1 is 1.05 bits per heavy atom. The van der Waals surface area contributed by atoms with Crippen molar-refractivity contribution in [2.24, 2.45) is 11.3 Å². The number of piperidine rings is 1. The zero-order valence-corrected chi connectivity index (χ0v) is 24.6. The number of carbonyl (C=O) groups excluding carboxylic acids is 2. The smallest absolute Gasteiger partial charge is 0.407 e. The van der Waals surface area contributed by atoms with Gasteiger partial charge >= 0.3 is 6.09 Å². The lowest BCUT2D eigenvalue weighted by Gasteiger charge is -2.47. The number of amides is 3. The monoisotopic (exact) mass is 559 g/mol. The van der Waals surface area contributed by atoms with Crippen LogP contribution in [0.15, 0.2) is 66.9 Å². The number of anilines is 1. The standard InChI is InChI=1S/C32H41N5O4/c1-22(2)36(28(39)19-24-15-12-18-35(31(40)41)29(24)32(3,4)5)21-27(38)33-30-26(23-13-8-6-9-14-23)20-37(34-30)25-16-10-7-11-17-25/h6-11,13-14,16-17,20,22,24,29H,12,15,18-19,21H2,1-5H3,(H,40,41)(H,33,34,38). The molecule has 41 heavy (non-hydrogen) atoms. The highest BCUT2D eigenvalue weighted by Gasteiger charge is 2.43. The van der Waals surface area contributed by atoms with Crippen LogP contribution in [0.2, 0.25) is 0 Å². The fourth-order valence-electron chi connectivity index (χ4n) is 5.91. The molecule has 0 bridgehead atoms. The number of nitrogens with zero attached hydrogens (tertiary/aromatic N) is 4. The third kappa shape index (κ3) is 7.14. The summed E-state index contributed by atoms with van der Waals surface area (Å²) >= 11 is 0. The van der Waals surface area contributed by atoms with Crippen LogP contribution in [-0.4, -0.2) is 67.8 Å². The average Bonchev–Trinajstić information content (AvgIpc) is 3.35. The molecule has 1 aliphatic heterocycles. The van der Waals surface area contributed by atoms with Gasteiger partial charge in [0.2, 0.25) is 11.8 Å². The van der Waals surface area contributed by atoms with Crippen molar-refractivity contribution >= 4 is 23.7 Å². The van der Waals surface area contributed by atoms with E-state index in [1.54, 1.807) is 9.58 Å². The Hall–Kier alpha value is -4.14. The molecule has 2 unspecified atom stereocenters. The van der Waals surface area contributed by atoms with Gasteiger partial charge in [-0.25, -0.2) is 9.48 Å². The number of likely N-dealkylation sites (tertiary alicyclic amines) is 1. The Kier molecular flexibility index (Phi) is 9.15. The highest BCUT2D eigenvalue weighted by Crippen LogP contribution is 2.38. The maximum atomic E-state index is 13.6. The molecule has 0 spiro atoms. The largest absolute Gasteiger partial charge is 0.465 e. The van der Waals surface area contributed by atoms with Crippen molar-refractivity contribution in [3.63, 3.8) is 0 Å². The number of para-hydroxylation sites is 1. The maximum absolute atomic E-state index is 13.6. The second kappa shape index (κ2) is 12.6. The average molecular weight is 560 g/mol. The molecule has 3 amide bonds. The minimum atomic E-state index is -0.952. The molecule has 2 atom stereocenters. The fraction of sp³-hybridized carbons (Fsp3) is 0.438. The number of nitrogens with one attached hydrogen (secondary N) is 1. The maximum Gasteiger partial charge on any atom is 0.407 e. The Morgan fingerprint density at radius 2 is 1.68 bits per heavy atom. The van der Waals surface area contributed by atoms with Crippen molar-refractivity contribution in [2.75, 3.05) is 18.4 Å². The third-order valence-electron chi connectivity index (χ3n) is 7.66. The van der Waals surface area contributed by atoms with Gasteiger partial charge in [0.1, 0.15) is 6.54 Å². The second-order valence-electron chi connectivity index (χ2n) is 12.1. The first-order valence-electron chi connectivity index (χ1n) is 14.2. The molecule has 0 saturated carbocycles. The van der Waals surface area contributed by atoms with E-state index in [2.05, 4.69) is 10.4 Å². The van der Waals surface area contributed by atoms with Crippen LogP contribution >= 0.6 is 0 Å². The summed E-state index contributed by atoms with van der Waals surface area (Å²) in [6, 6.07) is 18.9. The first-order chi connectivity index (χ1) is 19.5. The lowest BCUT2D eigenvalue weighted by molar-refractivity contribution is -0.138. The van der Waals surface area contributed by atoms with Crippen LogP contribution in [0.25, 0.3) is 16.8 Å². The van der Waals surface area contributed by atoms with Crippen LogP contribution in [0.5, 0.6) is 0 Å². The molecule has 3 aromatic rings. The van der Waals surface area contributed by atoms with Crippen LogP contribution < -0.4 is 5.32 Å². The van der Waals surface area contributed by atoms with E-state index in [0.717, 1.165) is 23.2 Å². The van der Waals surface area contributed by atoms with Crippen molar-refractivity contribution < 1.29 is 19.5 Å². The molecule has 4 rings (SSSR count). The van der Waals surface area contributed by atoms with E-state index in [1.165, 1.54) is 4.90 Å². The first-order valence-corrected chi connectivity index (χ1v) is 14.2. The summed E-state index contributed by atoms with van der Waals surface area (Å²) in [5.74, 6) is -0.202. The number of carbonyl (C=O) groups is 3. The van der Waals surface area contributed by atoms with Gasteiger partial charge in [-0.1, -0.05) is 69.3 Å². The van der Waals surface area contributed by atoms with Gasteiger partial charge in [0.25, 0.3) is 0 Å². The number of benzene rings is 2. The quantitative estimate of drug-likeness (QED) is 0.357. The summed E-state index contributed by atoms with van der Waals surface area (Å²) in [5, 5.41) is 17.4. The Bertz CT molecular complexity index is 1350. The van der Waals surface area contributed by atoms with E-state index in [9.17, 15) is 19.5 Å². The summed E-state index contributed by atoms with van der Waals surface area (Å²) in [6.45, 7) is 10.2. The third-order valence-corrected chi connectivity index (χ3v) is 7.66. The summed E-state index contributed by atoms with van der Waals surface area (Å²) < 4.78 is 1.73. The van der Waals surface area contributed by atoms with Gasteiger partial charge in [0, 0.05) is 36.8 Å². The van der Waals surface area contributed by atoms with E-state index in [1.807, 2.05) is 101 Å². The van der Waals surface area contributed by atoms with E-state index in [4.69, 9.17) is 0 Å². The van der Waals surface area contributed by atoms with E-state index in [-0.39, 0.29) is 48.2 Å². The Labute approximate surface area is 242 Å². The van der Waals surface area contributed by atoms with Gasteiger partial charge in [-0.05, 0) is 55.7 Å². The summed E-state index contributed by atoms with van der Waals surface area (Å²) in [6.07, 6.45) is 2.61. The molecule has 1 fully saturated rings. The summed E-state index contributed by atoms with van der Waals surface area (Å²) in [4.78, 5) is 42.1. The Morgan fingerprint density at radius 3 is 2.27 bits per heavy atom. The molecule has 1 saturated heterocycles. The second-order valence-corrected chi connectivity index (χ2v) is 12.1. The van der Waals surface area contributed by atoms with Crippen LogP contribution in [-0.2, 0) is 9.59 Å². The zero-order chi connectivity index (χ0) is 29.7. The molecule has 0 aliphatic carbocycles. The first kappa shape index (κ1) is 29.8. The van der Waals surface area contributed by atoms with Gasteiger partial charge in [-0.15, -0.1) is 5.10 Å². The van der Waals surface area contributed by atoms with Crippen molar-refractivity contribution in [3.05, 3.63) is 66.9 Å². The van der Waals surface area contributed by atoms with Gasteiger partial charge in [0.05, 0.1) is 5.69 Å². The van der Waals surface area contributed by atoms with Crippen molar-refractivity contribution in [1.29, 1.82) is 0 Å². The predicted molar refractivity (Wildman–Crippen MR) is 160 cm³/mol. The van der Waals surface area contributed by atoms with Crippen molar-refractivity contribution in [1.82, 2.24) is 19.6 Å². The number of carboxylic acid groups (broad SMARTS) is 1. The van der Waals surface area contributed by atoms with Gasteiger partial charge in [-0.3, -0.25) is 9.59 Å².